The van der Waals surface area contributed by atoms with E-state index in [-0.39, 0.29) is 24.7 Å². The van der Waals surface area contributed by atoms with Crippen molar-refractivity contribution >= 4 is 45.0 Å². The van der Waals surface area contributed by atoms with Gasteiger partial charge in [-0.1, -0.05) is 36.5 Å². The van der Waals surface area contributed by atoms with Gasteiger partial charge in [0, 0.05) is 24.9 Å². The quantitative estimate of drug-likeness (QED) is 0.466. The van der Waals surface area contributed by atoms with Crippen LogP contribution in [0.4, 0.5) is 5.69 Å². The van der Waals surface area contributed by atoms with E-state index in [4.69, 9.17) is 0 Å². The number of amides is 3. The third-order valence-electron chi connectivity index (χ3n) is 5.07. The number of hydrogen-bond acceptors (Lipinski definition) is 4. The molecule has 0 atom stereocenters. The summed E-state index contributed by atoms with van der Waals surface area (Å²) in [7, 11) is 0. The number of anilines is 1. The Morgan fingerprint density at radius 2 is 1.93 bits per heavy atom. The third kappa shape index (κ3) is 3.64. The van der Waals surface area contributed by atoms with Crippen molar-refractivity contribution in [2.75, 3.05) is 4.90 Å². The molecule has 2 aromatic carbocycles. The van der Waals surface area contributed by atoms with Crippen LogP contribution in [0.15, 0.2) is 60.1 Å². The molecule has 4 rings (SSSR count). The molecule has 3 aromatic rings. The van der Waals surface area contributed by atoms with Crippen LogP contribution in [0.3, 0.4) is 0 Å². The predicted molar refractivity (Wildman–Crippen MR) is 117 cm³/mol. The van der Waals surface area contributed by atoms with Crippen molar-refractivity contribution in [1.82, 2.24) is 4.57 Å². The van der Waals surface area contributed by atoms with Crippen LogP contribution >= 0.6 is 11.3 Å². The second-order valence-electron chi connectivity index (χ2n) is 7.03. The van der Waals surface area contributed by atoms with E-state index in [1.165, 1.54) is 16.9 Å². The number of nitrogens with zero attached hydrogens (tertiary/aromatic N) is 3. The first-order valence-electron chi connectivity index (χ1n) is 9.80. The van der Waals surface area contributed by atoms with E-state index < -0.39 is 5.91 Å². The molecule has 6 nitrogen and oxygen atoms in total. The molecule has 152 valence electrons. The van der Waals surface area contributed by atoms with Gasteiger partial charge >= 0.3 is 0 Å². The summed E-state index contributed by atoms with van der Waals surface area (Å²) in [5.74, 6) is -0.917. The number of carbonyl (C=O) groups excluding carboxylic acids is 3. The Labute approximate surface area is 177 Å². The average Bonchev–Trinajstić information content (AvgIpc) is 3.26. The summed E-state index contributed by atoms with van der Waals surface area (Å²) < 4.78 is 3.02. The first-order valence-corrected chi connectivity index (χ1v) is 10.6. The minimum absolute atomic E-state index is 0.199. The van der Waals surface area contributed by atoms with Crippen LogP contribution in [0.2, 0.25) is 0 Å². The van der Waals surface area contributed by atoms with Crippen LogP contribution in [-0.4, -0.2) is 22.3 Å². The Kier molecular flexibility index (Phi) is 5.46. The molecular formula is C23H21N3O3S. The number of allylic oxidation sites excluding steroid dienone is 1. The standard InChI is InChI=1S/C23H21N3O3S/c1-3-12-25-18-9-8-15(4-2)13-19(18)30-23(25)24-22(29)16-6-5-7-17(14-16)26-20(27)10-11-21(26)28/h3,5-9,13-14H,1,4,10-12H2,2H3. The highest BCUT2D eigenvalue weighted by Crippen LogP contribution is 2.24. The van der Waals surface area contributed by atoms with Crippen molar-refractivity contribution < 1.29 is 14.4 Å². The summed E-state index contributed by atoms with van der Waals surface area (Å²) in [4.78, 5) is 43.0. The number of thiazole rings is 1. The highest BCUT2D eigenvalue weighted by Gasteiger charge is 2.30. The van der Waals surface area contributed by atoms with E-state index >= 15 is 0 Å². The Bertz CT molecular complexity index is 1240. The maximum atomic E-state index is 12.9. The summed E-state index contributed by atoms with van der Waals surface area (Å²) in [6, 6.07) is 12.7. The lowest BCUT2D eigenvalue weighted by molar-refractivity contribution is -0.121. The second-order valence-corrected chi connectivity index (χ2v) is 8.04. The Morgan fingerprint density at radius 1 is 1.17 bits per heavy atom. The maximum absolute atomic E-state index is 12.9. The fourth-order valence-electron chi connectivity index (χ4n) is 3.52. The van der Waals surface area contributed by atoms with Gasteiger partial charge in [0.1, 0.15) is 0 Å². The summed E-state index contributed by atoms with van der Waals surface area (Å²) >= 11 is 1.46. The van der Waals surface area contributed by atoms with Gasteiger partial charge in [0.15, 0.2) is 4.80 Å². The second kappa shape index (κ2) is 8.20. The van der Waals surface area contributed by atoms with Gasteiger partial charge in [-0.25, -0.2) is 0 Å². The average molecular weight is 420 g/mol. The Hall–Kier alpha value is -3.32. The van der Waals surface area contributed by atoms with Crippen molar-refractivity contribution in [3.05, 3.63) is 71.0 Å². The van der Waals surface area contributed by atoms with Gasteiger partial charge in [-0.2, -0.15) is 4.99 Å². The van der Waals surface area contributed by atoms with E-state index in [9.17, 15) is 14.4 Å². The number of benzene rings is 2. The van der Waals surface area contributed by atoms with Gasteiger partial charge in [0.25, 0.3) is 5.91 Å². The third-order valence-corrected chi connectivity index (χ3v) is 6.11. The molecular weight excluding hydrogens is 398 g/mol. The molecule has 3 amide bonds. The molecule has 1 saturated heterocycles. The molecule has 1 aromatic heterocycles. The number of carbonyl (C=O) groups is 3. The van der Waals surface area contributed by atoms with Crippen molar-refractivity contribution in [3.8, 4) is 0 Å². The molecule has 0 N–H and O–H groups in total. The molecule has 0 radical (unpaired) electrons. The number of fused-ring (bicyclic) bond motifs is 1. The van der Waals surface area contributed by atoms with Gasteiger partial charge in [-0.3, -0.25) is 19.3 Å². The molecule has 0 bridgehead atoms. The first kappa shape index (κ1) is 20.0. The lowest BCUT2D eigenvalue weighted by atomic mass is 10.2. The minimum Gasteiger partial charge on any atom is -0.312 e. The molecule has 0 spiro atoms. The maximum Gasteiger partial charge on any atom is 0.279 e. The molecule has 30 heavy (non-hydrogen) atoms. The monoisotopic (exact) mass is 419 g/mol. The largest absolute Gasteiger partial charge is 0.312 e. The number of rotatable bonds is 5. The molecule has 0 saturated carbocycles. The molecule has 2 heterocycles. The van der Waals surface area contributed by atoms with Crippen molar-refractivity contribution in [2.24, 2.45) is 4.99 Å². The number of imide groups is 1. The van der Waals surface area contributed by atoms with Gasteiger partial charge in [-0.05, 0) is 42.3 Å². The SMILES string of the molecule is C=CCn1c(=NC(=O)c2cccc(N3C(=O)CCC3=O)c2)sc2cc(CC)ccc21. The van der Waals surface area contributed by atoms with Crippen LogP contribution in [0.1, 0.15) is 35.7 Å². The van der Waals surface area contributed by atoms with Gasteiger partial charge < -0.3 is 4.57 Å². The lowest BCUT2D eigenvalue weighted by Gasteiger charge is -2.14. The topological polar surface area (TPSA) is 71.7 Å². The summed E-state index contributed by atoms with van der Waals surface area (Å²) in [5, 5.41) is 0. The van der Waals surface area contributed by atoms with Crippen LogP contribution in [0.25, 0.3) is 10.2 Å². The van der Waals surface area contributed by atoms with E-state index in [1.807, 2.05) is 10.6 Å². The highest BCUT2D eigenvalue weighted by atomic mass is 32.1. The predicted octanol–water partition coefficient (Wildman–Crippen LogP) is 3.85. The molecule has 0 unspecified atom stereocenters. The highest BCUT2D eigenvalue weighted by molar-refractivity contribution is 7.16. The summed E-state index contributed by atoms with van der Waals surface area (Å²) in [5.41, 5.74) is 2.97. The fraction of sp³-hybridized carbons (Fsp3) is 0.217. The number of hydrogen-bond donors (Lipinski definition) is 0. The first-order chi connectivity index (χ1) is 14.5. The molecule has 1 fully saturated rings. The molecule has 1 aliphatic heterocycles. The van der Waals surface area contributed by atoms with Crippen LogP contribution in [-0.2, 0) is 22.6 Å². The minimum atomic E-state index is -0.420. The Morgan fingerprint density at radius 3 is 2.63 bits per heavy atom. The zero-order valence-electron chi connectivity index (χ0n) is 16.6. The fourth-order valence-corrected chi connectivity index (χ4v) is 4.62. The molecule has 7 heteroatoms. The lowest BCUT2D eigenvalue weighted by Crippen LogP contribution is -2.28. The van der Waals surface area contributed by atoms with E-state index in [0.717, 1.165) is 21.5 Å². The zero-order chi connectivity index (χ0) is 21.3. The smallest absolute Gasteiger partial charge is 0.279 e. The Balaban J connectivity index is 1.76. The normalized spacial score (nSPS) is 14.7. The van der Waals surface area contributed by atoms with Crippen molar-refractivity contribution in [3.63, 3.8) is 0 Å². The van der Waals surface area contributed by atoms with E-state index in [0.29, 0.717) is 22.6 Å². The van der Waals surface area contributed by atoms with Crippen LogP contribution < -0.4 is 9.70 Å². The van der Waals surface area contributed by atoms with Crippen LogP contribution in [0.5, 0.6) is 0 Å². The van der Waals surface area contributed by atoms with Crippen molar-refractivity contribution in [1.29, 1.82) is 0 Å². The molecule has 1 aliphatic rings. The summed E-state index contributed by atoms with van der Waals surface area (Å²) in [6.45, 7) is 6.45. The van der Waals surface area contributed by atoms with Gasteiger partial charge in [0.2, 0.25) is 11.8 Å². The van der Waals surface area contributed by atoms with Crippen molar-refractivity contribution in [2.45, 2.75) is 32.7 Å². The number of aromatic nitrogens is 1. The van der Waals surface area contributed by atoms with Gasteiger partial charge in [-0.15, -0.1) is 6.58 Å². The van der Waals surface area contributed by atoms with E-state index in [1.54, 1.807) is 30.3 Å². The van der Waals surface area contributed by atoms with Gasteiger partial charge in [0.05, 0.1) is 15.9 Å². The molecule has 0 aliphatic carbocycles. The summed E-state index contributed by atoms with van der Waals surface area (Å²) in [6.07, 6.45) is 3.10. The zero-order valence-corrected chi connectivity index (χ0v) is 17.4. The van der Waals surface area contributed by atoms with Crippen LogP contribution in [0, 0.1) is 0 Å². The number of aryl methyl sites for hydroxylation is 1. The van der Waals surface area contributed by atoms with E-state index in [2.05, 4.69) is 30.6 Å².